The third kappa shape index (κ3) is 6.60. The maximum atomic E-state index is 12.0. The standard InChI is InChI=1S/C29H41NO3/c1-8-17-32-27(31)33-24-18-25(30-19-24)26(20-9-13-22(14-10-20)28(2,3)4)21-11-15-23(16-12-21)29(5,6)7/h9-16,24-26,30H,8,17-19H2,1-7H3/t24-,25-/m1/s1. The second kappa shape index (κ2) is 10.3. The topological polar surface area (TPSA) is 47.6 Å². The van der Waals surface area contributed by atoms with E-state index >= 15 is 0 Å². The number of rotatable bonds is 6. The van der Waals surface area contributed by atoms with Gasteiger partial charge < -0.3 is 14.8 Å². The third-order valence-electron chi connectivity index (χ3n) is 6.49. The van der Waals surface area contributed by atoms with Crippen LogP contribution >= 0.6 is 0 Å². The van der Waals surface area contributed by atoms with Gasteiger partial charge in [-0.1, -0.05) is 97.0 Å². The fraction of sp³-hybridized carbons (Fsp3) is 0.552. The molecule has 0 saturated carbocycles. The van der Waals surface area contributed by atoms with Crippen LogP contribution in [0.15, 0.2) is 48.5 Å². The van der Waals surface area contributed by atoms with Crippen molar-refractivity contribution in [1.29, 1.82) is 0 Å². The smallest absolute Gasteiger partial charge is 0.434 e. The van der Waals surface area contributed by atoms with Crippen molar-refractivity contribution in [2.45, 2.75) is 90.2 Å². The Morgan fingerprint density at radius 2 is 1.39 bits per heavy atom. The normalized spacial score (nSPS) is 19.0. The quantitative estimate of drug-likeness (QED) is 0.496. The maximum Gasteiger partial charge on any atom is 0.508 e. The van der Waals surface area contributed by atoms with Gasteiger partial charge >= 0.3 is 6.16 Å². The summed E-state index contributed by atoms with van der Waals surface area (Å²) < 4.78 is 10.7. The van der Waals surface area contributed by atoms with Gasteiger partial charge in [0.25, 0.3) is 0 Å². The molecule has 0 radical (unpaired) electrons. The Bertz CT molecular complexity index is 846. The molecule has 4 nitrogen and oxygen atoms in total. The van der Waals surface area contributed by atoms with Crippen molar-refractivity contribution in [2.75, 3.05) is 13.2 Å². The van der Waals surface area contributed by atoms with Crippen LogP contribution in [0.2, 0.25) is 0 Å². The van der Waals surface area contributed by atoms with E-state index < -0.39 is 6.16 Å². The van der Waals surface area contributed by atoms with Crippen LogP contribution in [0.5, 0.6) is 0 Å². The summed E-state index contributed by atoms with van der Waals surface area (Å²) in [5, 5.41) is 3.62. The molecule has 0 amide bonds. The average molecular weight is 452 g/mol. The lowest BCUT2D eigenvalue weighted by Crippen LogP contribution is -2.30. The fourth-order valence-corrected chi connectivity index (χ4v) is 4.47. The second-order valence-electron chi connectivity index (χ2n) is 11.3. The zero-order valence-electron chi connectivity index (χ0n) is 21.4. The Morgan fingerprint density at radius 3 is 1.82 bits per heavy atom. The minimum absolute atomic E-state index is 0.117. The Hall–Kier alpha value is -2.33. The number of benzene rings is 2. The van der Waals surface area contributed by atoms with Gasteiger partial charge in [-0.05, 0) is 39.5 Å². The highest BCUT2D eigenvalue weighted by molar-refractivity contribution is 5.60. The molecule has 0 aliphatic carbocycles. The molecule has 33 heavy (non-hydrogen) atoms. The lowest BCUT2D eigenvalue weighted by Gasteiger charge is -2.27. The fourth-order valence-electron chi connectivity index (χ4n) is 4.47. The Balaban J connectivity index is 1.86. The molecule has 0 spiro atoms. The minimum atomic E-state index is -0.565. The maximum absolute atomic E-state index is 12.0. The molecule has 2 atom stereocenters. The van der Waals surface area contributed by atoms with Gasteiger partial charge in [-0.15, -0.1) is 0 Å². The van der Waals surface area contributed by atoms with E-state index in [2.05, 4.69) is 95.4 Å². The highest BCUT2D eigenvalue weighted by atomic mass is 16.7. The molecule has 0 bridgehead atoms. The van der Waals surface area contributed by atoms with Crippen molar-refractivity contribution in [3.05, 3.63) is 70.8 Å². The van der Waals surface area contributed by atoms with Crippen LogP contribution < -0.4 is 5.32 Å². The van der Waals surface area contributed by atoms with Crippen molar-refractivity contribution in [3.63, 3.8) is 0 Å². The highest BCUT2D eigenvalue weighted by Gasteiger charge is 2.35. The van der Waals surface area contributed by atoms with Crippen LogP contribution in [0.4, 0.5) is 4.79 Å². The molecule has 1 aliphatic rings. The Kier molecular flexibility index (Phi) is 7.89. The predicted octanol–water partition coefficient (Wildman–Crippen LogP) is 6.71. The van der Waals surface area contributed by atoms with Crippen molar-refractivity contribution in [3.8, 4) is 0 Å². The van der Waals surface area contributed by atoms with Gasteiger partial charge in [-0.3, -0.25) is 0 Å². The molecule has 1 aliphatic heterocycles. The van der Waals surface area contributed by atoms with Crippen LogP contribution in [0, 0.1) is 0 Å². The van der Waals surface area contributed by atoms with E-state index in [1.807, 2.05) is 6.92 Å². The highest BCUT2D eigenvalue weighted by Crippen LogP contribution is 2.35. The van der Waals surface area contributed by atoms with Gasteiger partial charge in [0.05, 0.1) is 6.61 Å². The van der Waals surface area contributed by atoms with E-state index in [4.69, 9.17) is 9.47 Å². The van der Waals surface area contributed by atoms with Crippen LogP contribution in [0.1, 0.15) is 89.5 Å². The van der Waals surface area contributed by atoms with E-state index in [0.717, 1.165) is 12.8 Å². The first-order valence-electron chi connectivity index (χ1n) is 12.3. The van der Waals surface area contributed by atoms with E-state index in [1.165, 1.54) is 22.3 Å². The predicted molar refractivity (Wildman–Crippen MR) is 135 cm³/mol. The average Bonchev–Trinajstić information content (AvgIpc) is 3.19. The molecule has 4 heteroatoms. The van der Waals surface area contributed by atoms with E-state index in [1.54, 1.807) is 0 Å². The lowest BCUT2D eigenvalue weighted by atomic mass is 9.80. The van der Waals surface area contributed by atoms with E-state index in [-0.39, 0.29) is 28.9 Å². The van der Waals surface area contributed by atoms with Gasteiger partial charge in [0.2, 0.25) is 0 Å². The van der Waals surface area contributed by atoms with Crippen molar-refractivity contribution >= 4 is 6.16 Å². The zero-order valence-corrected chi connectivity index (χ0v) is 21.4. The van der Waals surface area contributed by atoms with Gasteiger partial charge in [0.1, 0.15) is 6.10 Å². The Morgan fingerprint density at radius 1 is 0.909 bits per heavy atom. The minimum Gasteiger partial charge on any atom is -0.434 e. The first-order valence-corrected chi connectivity index (χ1v) is 12.3. The summed E-state index contributed by atoms with van der Waals surface area (Å²) in [6, 6.07) is 18.2. The number of ether oxygens (including phenoxy) is 2. The summed E-state index contributed by atoms with van der Waals surface area (Å²) in [5.74, 6) is 0.174. The van der Waals surface area contributed by atoms with Crippen LogP contribution in [-0.2, 0) is 20.3 Å². The van der Waals surface area contributed by atoms with Crippen molar-refractivity contribution in [1.82, 2.24) is 5.32 Å². The van der Waals surface area contributed by atoms with Gasteiger partial charge in [0, 0.05) is 24.9 Å². The van der Waals surface area contributed by atoms with Gasteiger partial charge in [0.15, 0.2) is 0 Å². The molecule has 1 fully saturated rings. The first kappa shape index (κ1) is 25.3. The lowest BCUT2D eigenvalue weighted by molar-refractivity contribution is 0.0289. The summed E-state index contributed by atoms with van der Waals surface area (Å²) >= 11 is 0. The van der Waals surface area contributed by atoms with Crippen LogP contribution in [-0.4, -0.2) is 31.5 Å². The van der Waals surface area contributed by atoms with Crippen molar-refractivity contribution < 1.29 is 14.3 Å². The number of hydrogen-bond donors (Lipinski definition) is 1. The number of nitrogens with one attached hydrogen (secondary N) is 1. The molecular weight excluding hydrogens is 410 g/mol. The molecule has 0 aromatic heterocycles. The summed E-state index contributed by atoms with van der Waals surface area (Å²) in [4.78, 5) is 12.0. The van der Waals surface area contributed by atoms with Gasteiger partial charge in [-0.25, -0.2) is 4.79 Å². The Labute approximate surface area is 200 Å². The van der Waals surface area contributed by atoms with Crippen molar-refractivity contribution in [2.24, 2.45) is 0 Å². The summed E-state index contributed by atoms with van der Waals surface area (Å²) in [5.41, 5.74) is 5.44. The summed E-state index contributed by atoms with van der Waals surface area (Å²) in [6.45, 7) is 16.4. The molecular formula is C29H41NO3. The first-order chi connectivity index (χ1) is 15.5. The molecule has 1 saturated heterocycles. The second-order valence-corrected chi connectivity index (χ2v) is 11.3. The molecule has 2 aromatic carbocycles. The van der Waals surface area contributed by atoms with E-state index in [0.29, 0.717) is 13.2 Å². The summed E-state index contributed by atoms with van der Waals surface area (Å²) in [6.07, 6.45) is 0.806. The van der Waals surface area contributed by atoms with E-state index in [9.17, 15) is 4.79 Å². The molecule has 0 unspecified atom stereocenters. The SMILES string of the molecule is CCCOC(=O)O[C@H]1CN[C@@H](C(c2ccc(C(C)(C)C)cc2)c2ccc(C(C)(C)C)cc2)C1. The molecule has 1 heterocycles. The largest absolute Gasteiger partial charge is 0.508 e. The number of carbonyl (C=O) groups is 1. The molecule has 180 valence electrons. The molecule has 2 aromatic rings. The van der Waals surface area contributed by atoms with Gasteiger partial charge in [-0.2, -0.15) is 0 Å². The molecule has 3 rings (SSSR count). The zero-order chi connectivity index (χ0) is 24.2. The third-order valence-corrected chi connectivity index (χ3v) is 6.49. The summed E-state index contributed by atoms with van der Waals surface area (Å²) in [7, 11) is 0. The number of carbonyl (C=O) groups excluding carboxylic acids is 1. The van der Waals surface area contributed by atoms with Crippen LogP contribution in [0.3, 0.4) is 0 Å². The molecule has 1 N–H and O–H groups in total. The number of hydrogen-bond acceptors (Lipinski definition) is 4. The monoisotopic (exact) mass is 451 g/mol. The van der Waals surface area contributed by atoms with Crippen LogP contribution in [0.25, 0.3) is 0 Å².